The summed E-state index contributed by atoms with van der Waals surface area (Å²) < 4.78 is 0. The van der Waals surface area contributed by atoms with Crippen LogP contribution in [0.2, 0.25) is 0 Å². The van der Waals surface area contributed by atoms with Gasteiger partial charge in [-0.15, -0.1) is 0 Å². The Balaban J connectivity index is 2.94. The zero-order valence-corrected chi connectivity index (χ0v) is 7.46. The Morgan fingerprint density at radius 3 is 2.62 bits per heavy atom. The van der Waals surface area contributed by atoms with E-state index in [1.807, 2.05) is 0 Å². The van der Waals surface area contributed by atoms with Gasteiger partial charge in [-0.2, -0.15) is 0 Å². The van der Waals surface area contributed by atoms with Crippen LogP contribution in [0.1, 0.15) is 13.8 Å². The van der Waals surface area contributed by atoms with Crippen LogP contribution in [0.3, 0.4) is 0 Å². The van der Waals surface area contributed by atoms with Gasteiger partial charge in [0.05, 0.1) is 0 Å². The standard InChI is InChI=1S/C8H10N2O3/c1-3-6-8(13)10(5(2)11)4-7(12)9-6/h3H,4H2,1-2H3,(H,9,12)/b6-3+. The molecule has 1 fully saturated rings. The SMILES string of the molecule is C/C=C1/NC(=O)CN(C(C)=O)C1=O. The summed E-state index contributed by atoms with van der Waals surface area (Å²) in [6.07, 6.45) is 1.47. The molecule has 1 N–H and O–H groups in total. The molecule has 70 valence electrons. The summed E-state index contributed by atoms with van der Waals surface area (Å²) in [5.74, 6) is -1.21. The third kappa shape index (κ3) is 1.74. The monoisotopic (exact) mass is 182 g/mol. The summed E-state index contributed by atoms with van der Waals surface area (Å²) in [7, 11) is 0. The Morgan fingerprint density at radius 2 is 2.15 bits per heavy atom. The molecule has 0 bridgehead atoms. The van der Waals surface area contributed by atoms with Crippen molar-refractivity contribution in [2.24, 2.45) is 0 Å². The van der Waals surface area contributed by atoms with Gasteiger partial charge >= 0.3 is 0 Å². The molecule has 5 heteroatoms. The third-order valence-corrected chi connectivity index (χ3v) is 1.72. The molecule has 1 heterocycles. The smallest absolute Gasteiger partial charge is 0.277 e. The van der Waals surface area contributed by atoms with Gasteiger partial charge in [0, 0.05) is 6.92 Å². The number of amides is 3. The summed E-state index contributed by atoms with van der Waals surface area (Å²) in [5, 5.41) is 2.38. The Hall–Kier alpha value is -1.65. The van der Waals surface area contributed by atoms with Crippen LogP contribution in [0.25, 0.3) is 0 Å². The van der Waals surface area contributed by atoms with E-state index in [1.165, 1.54) is 13.0 Å². The molecule has 1 rings (SSSR count). The number of allylic oxidation sites excluding steroid dienone is 1. The fraction of sp³-hybridized carbons (Fsp3) is 0.375. The summed E-state index contributed by atoms with van der Waals surface area (Å²) in [4.78, 5) is 34.2. The summed E-state index contributed by atoms with van der Waals surface area (Å²) in [5.41, 5.74) is 0.159. The third-order valence-electron chi connectivity index (χ3n) is 1.72. The maximum absolute atomic E-state index is 11.4. The molecular formula is C8H10N2O3. The van der Waals surface area contributed by atoms with Crippen molar-refractivity contribution in [3.8, 4) is 0 Å². The first-order valence-corrected chi connectivity index (χ1v) is 3.85. The number of carbonyl (C=O) groups excluding carboxylic acids is 3. The minimum atomic E-state index is -0.449. The van der Waals surface area contributed by atoms with Crippen molar-refractivity contribution in [2.75, 3.05) is 6.54 Å². The van der Waals surface area contributed by atoms with E-state index in [0.717, 1.165) is 4.90 Å². The number of nitrogens with one attached hydrogen (secondary N) is 1. The molecule has 0 saturated carbocycles. The molecule has 0 radical (unpaired) electrons. The molecular weight excluding hydrogens is 172 g/mol. The van der Waals surface area contributed by atoms with Crippen molar-refractivity contribution in [2.45, 2.75) is 13.8 Å². The van der Waals surface area contributed by atoms with Crippen molar-refractivity contribution in [1.82, 2.24) is 10.2 Å². The fourth-order valence-electron chi connectivity index (χ4n) is 1.05. The van der Waals surface area contributed by atoms with Crippen molar-refractivity contribution < 1.29 is 14.4 Å². The molecule has 0 aliphatic carbocycles. The van der Waals surface area contributed by atoms with Crippen LogP contribution < -0.4 is 5.32 Å². The Labute approximate surface area is 75.4 Å². The van der Waals surface area contributed by atoms with E-state index in [4.69, 9.17) is 0 Å². The highest BCUT2D eigenvalue weighted by Crippen LogP contribution is 2.05. The molecule has 13 heavy (non-hydrogen) atoms. The summed E-state index contributed by atoms with van der Waals surface area (Å²) in [6.45, 7) is 2.69. The van der Waals surface area contributed by atoms with E-state index in [0.29, 0.717) is 0 Å². The lowest BCUT2D eigenvalue weighted by atomic mass is 10.2. The molecule has 0 aromatic rings. The maximum Gasteiger partial charge on any atom is 0.277 e. The summed E-state index contributed by atoms with van der Waals surface area (Å²) >= 11 is 0. The minimum absolute atomic E-state index is 0.159. The van der Waals surface area contributed by atoms with Crippen LogP contribution in [0.4, 0.5) is 0 Å². The Bertz CT molecular complexity index is 307. The average molecular weight is 182 g/mol. The first-order chi connectivity index (χ1) is 6.06. The number of piperazine rings is 1. The lowest BCUT2D eigenvalue weighted by Gasteiger charge is -2.25. The van der Waals surface area contributed by atoms with E-state index in [1.54, 1.807) is 6.92 Å². The first-order valence-electron chi connectivity index (χ1n) is 3.85. The number of hydrogen-bond donors (Lipinski definition) is 1. The lowest BCUT2D eigenvalue weighted by molar-refractivity contribution is -0.147. The first kappa shape index (κ1) is 9.44. The molecule has 0 atom stereocenters. The topological polar surface area (TPSA) is 66.5 Å². The van der Waals surface area contributed by atoms with Gasteiger partial charge in [-0.3, -0.25) is 19.3 Å². The van der Waals surface area contributed by atoms with E-state index in [2.05, 4.69) is 5.32 Å². The fourth-order valence-corrected chi connectivity index (χ4v) is 1.05. The maximum atomic E-state index is 11.4. The van der Waals surface area contributed by atoms with Crippen molar-refractivity contribution >= 4 is 17.7 Å². The van der Waals surface area contributed by atoms with Gasteiger partial charge < -0.3 is 5.32 Å². The number of imide groups is 1. The van der Waals surface area contributed by atoms with Crippen molar-refractivity contribution in [1.29, 1.82) is 0 Å². The highest BCUT2D eigenvalue weighted by Gasteiger charge is 2.29. The van der Waals surface area contributed by atoms with Gasteiger partial charge in [0.15, 0.2) is 0 Å². The van der Waals surface area contributed by atoms with Crippen LogP contribution in [0, 0.1) is 0 Å². The zero-order chi connectivity index (χ0) is 10.0. The Morgan fingerprint density at radius 1 is 1.54 bits per heavy atom. The second-order valence-corrected chi connectivity index (χ2v) is 2.66. The van der Waals surface area contributed by atoms with Crippen LogP contribution >= 0.6 is 0 Å². The average Bonchev–Trinajstić information content (AvgIpc) is 2.08. The van der Waals surface area contributed by atoms with Crippen LogP contribution in [0.5, 0.6) is 0 Å². The number of carbonyl (C=O) groups is 3. The highest BCUT2D eigenvalue weighted by molar-refractivity contribution is 6.10. The molecule has 0 aromatic heterocycles. The molecule has 1 aliphatic heterocycles. The molecule has 1 saturated heterocycles. The van der Waals surface area contributed by atoms with E-state index in [-0.39, 0.29) is 18.1 Å². The molecule has 0 aromatic carbocycles. The largest absolute Gasteiger partial charge is 0.320 e. The quantitative estimate of drug-likeness (QED) is 0.508. The van der Waals surface area contributed by atoms with Gasteiger partial charge in [0.25, 0.3) is 5.91 Å². The van der Waals surface area contributed by atoms with Crippen LogP contribution in [-0.4, -0.2) is 29.2 Å². The number of rotatable bonds is 0. The van der Waals surface area contributed by atoms with E-state index >= 15 is 0 Å². The second-order valence-electron chi connectivity index (χ2n) is 2.66. The van der Waals surface area contributed by atoms with Crippen LogP contribution in [0.15, 0.2) is 11.8 Å². The second kappa shape index (κ2) is 3.38. The van der Waals surface area contributed by atoms with E-state index < -0.39 is 11.8 Å². The highest BCUT2D eigenvalue weighted by atomic mass is 16.2. The zero-order valence-electron chi connectivity index (χ0n) is 7.46. The van der Waals surface area contributed by atoms with E-state index in [9.17, 15) is 14.4 Å². The van der Waals surface area contributed by atoms with Gasteiger partial charge in [-0.25, -0.2) is 0 Å². The molecule has 1 aliphatic rings. The lowest BCUT2D eigenvalue weighted by Crippen LogP contribution is -2.51. The predicted molar refractivity (Wildman–Crippen MR) is 44.3 cm³/mol. The molecule has 0 unspecified atom stereocenters. The van der Waals surface area contributed by atoms with Crippen molar-refractivity contribution in [3.63, 3.8) is 0 Å². The van der Waals surface area contributed by atoms with Gasteiger partial charge in [-0.1, -0.05) is 6.08 Å². The normalized spacial score (nSPS) is 20.5. The van der Waals surface area contributed by atoms with Crippen LogP contribution in [-0.2, 0) is 14.4 Å². The van der Waals surface area contributed by atoms with Crippen molar-refractivity contribution in [3.05, 3.63) is 11.8 Å². The summed E-state index contributed by atoms with van der Waals surface area (Å²) in [6, 6.07) is 0. The number of hydrogen-bond acceptors (Lipinski definition) is 3. The van der Waals surface area contributed by atoms with Gasteiger partial charge in [0.1, 0.15) is 12.2 Å². The molecule has 5 nitrogen and oxygen atoms in total. The predicted octanol–water partition coefficient (Wildman–Crippen LogP) is -0.605. The Kier molecular flexibility index (Phi) is 2.46. The minimum Gasteiger partial charge on any atom is -0.320 e. The molecule has 0 spiro atoms. The number of nitrogens with zero attached hydrogens (tertiary/aromatic N) is 1. The van der Waals surface area contributed by atoms with Gasteiger partial charge in [0.2, 0.25) is 11.8 Å². The molecule has 3 amide bonds. The van der Waals surface area contributed by atoms with Gasteiger partial charge in [-0.05, 0) is 6.92 Å².